The molecule has 0 aliphatic heterocycles. The molecule has 0 amide bonds. The van der Waals surface area contributed by atoms with E-state index in [-0.39, 0.29) is 0 Å². The summed E-state index contributed by atoms with van der Waals surface area (Å²) in [4.78, 5) is 2.56. The first-order valence-electron chi connectivity index (χ1n) is 25.1. The molecule has 1 aromatic heterocycles. The van der Waals surface area contributed by atoms with Gasteiger partial charge in [-0.05, 0) is 146 Å². The largest absolute Gasteiger partial charge is 0.314 e. The van der Waals surface area contributed by atoms with Crippen LogP contribution in [0.5, 0.6) is 0 Å². The van der Waals surface area contributed by atoms with Gasteiger partial charge in [0.25, 0.3) is 0 Å². The van der Waals surface area contributed by atoms with Gasteiger partial charge in [0.1, 0.15) is 0 Å². The van der Waals surface area contributed by atoms with E-state index in [1.54, 1.807) is 0 Å². The van der Waals surface area contributed by atoms with Gasteiger partial charge in [-0.2, -0.15) is 0 Å². The third kappa shape index (κ3) is 6.86. The number of nitrogens with zero attached hydrogens (tertiary/aromatic N) is 2. The molecule has 0 bridgehead atoms. The van der Waals surface area contributed by atoms with E-state index in [0.29, 0.717) is 0 Å². The van der Waals surface area contributed by atoms with E-state index in [9.17, 15) is 0 Å². The lowest BCUT2D eigenvalue weighted by molar-refractivity contribution is 0.767. The molecule has 2 aliphatic carbocycles. The molecule has 0 spiro atoms. The molecule has 2 nitrogen and oxygen atoms in total. The van der Waals surface area contributed by atoms with Gasteiger partial charge in [0.15, 0.2) is 0 Å². The smallest absolute Gasteiger partial charge is 0.0714 e. The lowest BCUT2D eigenvalue weighted by Crippen LogP contribution is -2.37. The number of benzene rings is 10. The van der Waals surface area contributed by atoms with Gasteiger partial charge in [0, 0.05) is 38.8 Å². The van der Waals surface area contributed by atoms with Gasteiger partial charge >= 0.3 is 0 Å². The molecule has 1 heterocycles. The minimum Gasteiger partial charge on any atom is -0.314 e. The van der Waals surface area contributed by atoms with Crippen molar-refractivity contribution in [3.63, 3.8) is 0 Å². The van der Waals surface area contributed by atoms with Crippen molar-refractivity contribution in [2.45, 2.75) is 25.2 Å². The first kappa shape index (κ1) is 43.1. The Labute approximate surface area is 421 Å². The second-order valence-corrected chi connectivity index (χ2v) is 19.3. The summed E-state index contributed by atoms with van der Waals surface area (Å²) in [7, 11) is 0. The van der Waals surface area contributed by atoms with Crippen molar-refractivity contribution in [3.05, 3.63) is 305 Å². The average Bonchev–Trinajstić information content (AvgIpc) is 3.93. The Kier molecular flexibility index (Phi) is 10.4. The summed E-state index contributed by atoms with van der Waals surface area (Å²) in [5.74, 6) is 0. The maximum absolute atomic E-state index is 4.11. The van der Waals surface area contributed by atoms with Crippen LogP contribution in [0.1, 0.15) is 57.3 Å². The molecular formula is C70H52N2. The van der Waals surface area contributed by atoms with Crippen molar-refractivity contribution < 1.29 is 0 Å². The fourth-order valence-electron chi connectivity index (χ4n) is 12.0. The van der Waals surface area contributed by atoms with Crippen LogP contribution in [0, 0.1) is 6.92 Å². The molecule has 1 atom stereocenters. The quantitative estimate of drug-likeness (QED) is 0.133. The van der Waals surface area contributed by atoms with Crippen LogP contribution < -0.4 is 15.3 Å². The van der Waals surface area contributed by atoms with Gasteiger partial charge in [-0.3, -0.25) is 0 Å². The van der Waals surface area contributed by atoms with Crippen LogP contribution in [0.4, 0.5) is 11.4 Å². The Balaban J connectivity index is 1.04. The van der Waals surface area contributed by atoms with E-state index in [0.717, 1.165) is 41.0 Å². The number of aromatic nitrogens is 1. The van der Waals surface area contributed by atoms with Crippen molar-refractivity contribution in [2.75, 3.05) is 4.90 Å². The molecular weight excluding hydrogens is 869 g/mol. The third-order valence-corrected chi connectivity index (χ3v) is 15.4. The zero-order valence-electron chi connectivity index (χ0n) is 40.4. The molecule has 13 rings (SSSR count). The zero-order valence-corrected chi connectivity index (χ0v) is 40.4. The molecule has 2 aliphatic rings. The van der Waals surface area contributed by atoms with E-state index in [1.807, 2.05) is 12.2 Å². The molecule has 10 aromatic carbocycles. The molecule has 342 valence electrons. The summed E-state index contributed by atoms with van der Waals surface area (Å²) in [6.07, 6.45) is 5.57. The standard InChI is InChI=1S/C70H52N2/c1-4-48-25-32-54(33-26-48)70(53-18-10-7-11-19-53)65-44-47(3)24-39-60(65)61-40-38-57(46-66(61)70)71(55-36-29-51(30-37-55)50-16-8-6-9-17-50)68-43-41-58(59-20-12-13-21-62(59)68)52-31-42-69-64(45-52)63-22-14-15-23-67(63)72(69)56-34-27-49(5-2)28-35-56/h4-40,42,44-46H,1-2,41,43H2,3H3. The number of fused-ring (bicyclic) bond motifs is 7. The summed E-state index contributed by atoms with van der Waals surface area (Å²) in [6.45, 7) is 10.3. The number of aryl methyl sites for hydroxylation is 1. The summed E-state index contributed by atoms with van der Waals surface area (Å²) >= 11 is 0. The lowest BCUT2D eigenvalue weighted by atomic mass is 9.67. The van der Waals surface area contributed by atoms with Crippen LogP contribution >= 0.6 is 0 Å². The Morgan fingerprint density at radius 1 is 0.444 bits per heavy atom. The Bertz CT molecular complexity index is 4050. The van der Waals surface area contributed by atoms with Crippen molar-refractivity contribution in [1.29, 1.82) is 0 Å². The molecule has 0 saturated heterocycles. The fourth-order valence-corrected chi connectivity index (χ4v) is 12.0. The van der Waals surface area contributed by atoms with Crippen molar-refractivity contribution >= 4 is 56.6 Å². The topological polar surface area (TPSA) is 8.17 Å². The number of para-hydroxylation sites is 1. The highest BCUT2D eigenvalue weighted by Crippen LogP contribution is 2.57. The van der Waals surface area contributed by atoms with E-state index >= 15 is 0 Å². The van der Waals surface area contributed by atoms with Crippen LogP contribution in [0.25, 0.3) is 73.2 Å². The van der Waals surface area contributed by atoms with Gasteiger partial charge < -0.3 is 9.47 Å². The average molecular weight is 921 g/mol. The van der Waals surface area contributed by atoms with Crippen LogP contribution in [0.3, 0.4) is 0 Å². The predicted octanol–water partition coefficient (Wildman–Crippen LogP) is 16.3. The number of rotatable bonds is 10. The molecule has 1 unspecified atom stereocenters. The molecule has 0 fully saturated rings. The van der Waals surface area contributed by atoms with E-state index < -0.39 is 5.41 Å². The van der Waals surface area contributed by atoms with Gasteiger partial charge in [0.2, 0.25) is 0 Å². The van der Waals surface area contributed by atoms with E-state index in [1.165, 1.54) is 99.1 Å². The second kappa shape index (κ2) is 17.5. The molecule has 2 heteroatoms. The van der Waals surface area contributed by atoms with Crippen molar-refractivity contribution in [2.24, 2.45) is 0 Å². The van der Waals surface area contributed by atoms with E-state index in [2.05, 4.69) is 266 Å². The SMILES string of the molecule is C=Cc1ccc(-n2c3ccccc3c3cc(C4=c5ccccc5=C(N(c5ccc(-c6ccccc6)cc5)c5ccc6c(c5)C(c5ccccc5)(c5ccc(C=C)cc5)c5cc(C)ccc5-6)CC4)ccc32)cc1. The highest BCUT2D eigenvalue weighted by molar-refractivity contribution is 6.10. The molecule has 72 heavy (non-hydrogen) atoms. The third-order valence-electron chi connectivity index (χ3n) is 15.4. The summed E-state index contributed by atoms with van der Waals surface area (Å²) in [6, 6.07) is 88.1. The lowest BCUT2D eigenvalue weighted by Gasteiger charge is -2.36. The predicted molar refractivity (Wildman–Crippen MR) is 304 cm³/mol. The Morgan fingerprint density at radius 3 is 1.75 bits per heavy atom. The Morgan fingerprint density at radius 2 is 1.01 bits per heavy atom. The number of hydrogen-bond donors (Lipinski definition) is 0. The molecule has 0 N–H and O–H groups in total. The van der Waals surface area contributed by atoms with Crippen molar-refractivity contribution in [3.8, 4) is 27.9 Å². The van der Waals surface area contributed by atoms with Crippen LogP contribution in [0.2, 0.25) is 0 Å². The van der Waals surface area contributed by atoms with Gasteiger partial charge in [0.05, 0.1) is 16.4 Å². The second-order valence-electron chi connectivity index (χ2n) is 19.3. The summed E-state index contributed by atoms with van der Waals surface area (Å²) in [5, 5.41) is 5.04. The minimum atomic E-state index is -0.566. The maximum Gasteiger partial charge on any atom is 0.0714 e. The molecule has 0 saturated carbocycles. The summed E-state index contributed by atoms with van der Waals surface area (Å²) in [5.41, 5.74) is 22.6. The normalized spacial score (nSPS) is 14.7. The van der Waals surface area contributed by atoms with Gasteiger partial charge in [-0.1, -0.05) is 213 Å². The Hall–Kier alpha value is -8.98. The van der Waals surface area contributed by atoms with Crippen LogP contribution in [-0.4, -0.2) is 4.57 Å². The monoisotopic (exact) mass is 920 g/mol. The van der Waals surface area contributed by atoms with Gasteiger partial charge in [-0.25, -0.2) is 0 Å². The van der Waals surface area contributed by atoms with Crippen molar-refractivity contribution in [1.82, 2.24) is 4.57 Å². The number of anilines is 2. The van der Waals surface area contributed by atoms with E-state index in [4.69, 9.17) is 0 Å². The zero-order chi connectivity index (χ0) is 48.3. The highest BCUT2D eigenvalue weighted by atomic mass is 15.1. The maximum atomic E-state index is 4.11. The molecule has 0 radical (unpaired) electrons. The first-order valence-corrected chi connectivity index (χ1v) is 25.1. The minimum absolute atomic E-state index is 0.566. The fraction of sp³-hybridized carbons (Fsp3) is 0.0571. The van der Waals surface area contributed by atoms with Crippen LogP contribution in [0.15, 0.2) is 250 Å². The molecule has 11 aromatic rings. The van der Waals surface area contributed by atoms with Gasteiger partial charge in [-0.15, -0.1) is 0 Å². The number of hydrogen-bond acceptors (Lipinski definition) is 1. The summed E-state index contributed by atoms with van der Waals surface area (Å²) < 4.78 is 2.40. The highest BCUT2D eigenvalue weighted by Gasteiger charge is 2.46. The van der Waals surface area contributed by atoms with Crippen LogP contribution in [-0.2, 0) is 5.41 Å². The first-order chi connectivity index (χ1) is 35.5.